The van der Waals surface area contributed by atoms with Gasteiger partial charge in [0.05, 0.1) is 19.2 Å². The van der Waals surface area contributed by atoms with Gasteiger partial charge in [0.15, 0.2) is 16.7 Å². The van der Waals surface area contributed by atoms with Crippen molar-refractivity contribution < 1.29 is 14.7 Å². The molecular weight excluding hydrogens is 241 g/mol. The van der Waals surface area contributed by atoms with Crippen molar-refractivity contribution in [3.63, 3.8) is 0 Å². The van der Waals surface area contributed by atoms with Crippen LogP contribution in [0, 0.1) is 0 Å². The number of ether oxygens (including phenoxy) is 2. The first-order chi connectivity index (χ1) is 7.15. The zero-order valence-corrected chi connectivity index (χ0v) is 9.63. The first kappa shape index (κ1) is 11.9. The summed E-state index contributed by atoms with van der Waals surface area (Å²) >= 11 is 11.6. The van der Waals surface area contributed by atoms with Crippen LogP contribution in [0.1, 0.15) is 5.56 Å². The molecule has 0 heterocycles. The maximum atomic E-state index is 8.53. The highest BCUT2D eigenvalue weighted by molar-refractivity contribution is 6.70. The number of benzene rings is 1. The van der Waals surface area contributed by atoms with Crippen LogP contribution >= 0.6 is 23.2 Å². The molecule has 0 aliphatic carbocycles. The van der Waals surface area contributed by atoms with E-state index in [-0.39, 0.29) is 10.2 Å². The van der Waals surface area contributed by atoms with E-state index in [0.717, 1.165) is 0 Å². The maximum Gasteiger partial charge on any atom is 0.180 e. The largest absolute Gasteiger partial charge is 0.493 e. The van der Waals surface area contributed by atoms with E-state index >= 15 is 0 Å². The number of rotatable bonds is 3. The SMILES string of the molecule is COc1ccc(C(Cl)=NO)c(Cl)c1OC. The first-order valence-corrected chi connectivity index (χ1v) is 4.69. The summed E-state index contributed by atoms with van der Waals surface area (Å²) in [6.07, 6.45) is 0. The standard InChI is InChI=1S/C9H9Cl2NO3/c1-14-6-4-3-5(9(11)12-13)7(10)8(6)15-2/h3-4,13H,1-2H3. The molecule has 0 spiro atoms. The van der Waals surface area contributed by atoms with Gasteiger partial charge in [0, 0.05) is 5.56 Å². The molecule has 1 rings (SSSR count). The zero-order chi connectivity index (χ0) is 11.4. The van der Waals surface area contributed by atoms with Crippen LogP contribution in [0.3, 0.4) is 0 Å². The molecule has 15 heavy (non-hydrogen) atoms. The molecule has 0 saturated heterocycles. The highest BCUT2D eigenvalue weighted by Gasteiger charge is 2.15. The van der Waals surface area contributed by atoms with Gasteiger partial charge in [-0.15, -0.1) is 0 Å². The van der Waals surface area contributed by atoms with E-state index < -0.39 is 0 Å². The molecule has 0 aliphatic heterocycles. The Kier molecular flexibility index (Phi) is 4.05. The summed E-state index contributed by atoms with van der Waals surface area (Å²) in [5, 5.41) is 11.5. The lowest BCUT2D eigenvalue weighted by Crippen LogP contribution is -1.98. The minimum Gasteiger partial charge on any atom is -0.493 e. The highest BCUT2D eigenvalue weighted by Crippen LogP contribution is 2.37. The van der Waals surface area contributed by atoms with Gasteiger partial charge in [-0.2, -0.15) is 0 Å². The second-order valence-electron chi connectivity index (χ2n) is 2.55. The molecule has 82 valence electrons. The molecule has 0 unspecified atom stereocenters. The number of hydrogen-bond donors (Lipinski definition) is 1. The van der Waals surface area contributed by atoms with Crippen molar-refractivity contribution in [2.75, 3.05) is 14.2 Å². The van der Waals surface area contributed by atoms with E-state index in [0.29, 0.717) is 17.1 Å². The third-order valence-corrected chi connectivity index (χ3v) is 2.45. The Morgan fingerprint density at radius 2 is 2.00 bits per heavy atom. The van der Waals surface area contributed by atoms with Gasteiger partial charge in [0.2, 0.25) is 0 Å². The van der Waals surface area contributed by atoms with Gasteiger partial charge in [-0.1, -0.05) is 28.4 Å². The number of methoxy groups -OCH3 is 2. The van der Waals surface area contributed by atoms with Gasteiger partial charge in [-0.25, -0.2) is 0 Å². The van der Waals surface area contributed by atoms with Crippen molar-refractivity contribution in [3.8, 4) is 11.5 Å². The molecule has 0 amide bonds. The molecular formula is C9H9Cl2NO3. The molecule has 0 saturated carbocycles. The molecule has 0 radical (unpaired) electrons. The number of oxime groups is 1. The van der Waals surface area contributed by atoms with E-state index in [4.69, 9.17) is 37.9 Å². The van der Waals surface area contributed by atoms with E-state index in [1.807, 2.05) is 0 Å². The van der Waals surface area contributed by atoms with Crippen LogP contribution < -0.4 is 9.47 Å². The second-order valence-corrected chi connectivity index (χ2v) is 3.29. The third-order valence-electron chi connectivity index (χ3n) is 1.80. The van der Waals surface area contributed by atoms with Gasteiger partial charge in [0.1, 0.15) is 0 Å². The van der Waals surface area contributed by atoms with Crippen LogP contribution in [-0.4, -0.2) is 24.6 Å². The zero-order valence-electron chi connectivity index (χ0n) is 8.12. The van der Waals surface area contributed by atoms with Crippen molar-refractivity contribution in [2.24, 2.45) is 5.16 Å². The van der Waals surface area contributed by atoms with Crippen molar-refractivity contribution in [2.45, 2.75) is 0 Å². The smallest absolute Gasteiger partial charge is 0.180 e. The summed E-state index contributed by atoms with van der Waals surface area (Å²) in [7, 11) is 2.95. The average Bonchev–Trinajstić information content (AvgIpc) is 2.27. The van der Waals surface area contributed by atoms with Crippen LogP contribution in [0.2, 0.25) is 5.02 Å². The van der Waals surface area contributed by atoms with Crippen molar-refractivity contribution in [1.29, 1.82) is 0 Å². The Morgan fingerprint density at radius 1 is 1.33 bits per heavy atom. The van der Waals surface area contributed by atoms with Crippen molar-refractivity contribution in [3.05, 3.63) is 22.7 Å². The fourth-order valence-electron chi connectivity index (χ4n) is 1.10. The quantitative estimate of drug-likeness (QED) is 0.509. The first-order valence-electron chi connectivity index (χ1n) is 3.94. The molecule has 6 heteroatoms. The number of nitrogens with zero attached hydrogens (tertiary/aromatic N) is 1. The molecule has 0 aromatic heterocycles. The minimum absolute atomic E-state index is 0.110. The average molecular weight is 250 g/mol. The predicted octanol–water partition coefficient (Wildman–Crippen LogP) is 2.73. The van der Waals surface area contributed by atoms with Crippen LogP contribution in [0.25, 0.3) is 0 Å². The highest BCUT2D eigenvalue weighted by atomic mass is 35.5. The fourth-order valence-corrected chi connectivity index (χ4v) is 1.63. The van der Waals surface area contributed by atoms with E-state index in [1.165, 1.54) is 14.2 Å². The molecule has 0 atom stereocenters. The van der Waals surface area contributed by atoms with Crippen LogP contribution in [0.5, 0.6) is 11.5 Å². The molecule has 1 aromatic rings. The lowest BCUT2D eigenvalue weighted by molar-refractivity contribution is 0.320. The summed E-state index contributed by atoms with van der Waals surface area (Å²) in [6.45, 7) is 0. The summed E-state index contributed by atoms with van der Waals surface area (Å²) in [6, 6.07) is 3.19. The predicted molar refractivity (Wildman–Crippen MR) is 58.7 cm³/mol. The van der Waals surface area contributed by atoms with Crippen molar-refractivity contribution >= 4 is 28.4 Å². The van der Waals surface area contributed by atoms with Crippen molar-refractivity contribution in [1.82, 2.24) is 0 Å². The normalized spacial score (nSPS) is 11.3. The fraction of sp³-hybridized carbons (Fsp3) is 0.222. The van der Waals surface area contributed by atoms with Gasteiger partial charge in [-0.3, -0.25) is 0 Å². The molecule has 0 bridgehead atoms. The topological polar surface area (TPSA) is 51.0 Å². The van der Waals surface area contributed by atoms with E-state index in [1.54, 1.807) is 12.1 Å². The van der Waals surface area contributed by atoms with Crippen LogP contribution in [0.4, 0.5) is 0 Å². The molecule has 1 N–H and O–H groups in total. The number of hydrogen-bond acceptors (Lipinski definition) is 4. The van der Waals surface area contributed by atoms with Gasteiger partial charge in [0.25, 0.3) is 0 Å². The Balaban J connectivity index is 3.35. The number of halogens is 2. The van der Waals surface area contributed by atoms with Gasteiger partial charge < -0.3 is 14.7 Å². The van der Waals surface area contributed by atoms with Gasteiger partial charge >= 0.3 is 0 Å². The monoisotopic (exact) mass is 249 g/mol. The third kappa shape index (κ3) is 2.27. The Labute approximate surface area is 97.0 Å². The molecule has 0 aliphatic rings. The summed E-state index contributed by atoms with van der Waals surface area (Å²) in [4.78, 5) is 0. The van der Waals surface area contributed by atoms with E-state index in [2.05, 4.69) is 5.16 Å². The molecule has 1 aromatic carbocycles. The minimum atomic E-state index is -0.110. The lowest BCUT2D eigenvalue weighted by atomic mass is 10.2. The molecule has 0 fully saturated rings. The Hall–Kier alpha value is -1.13. The summed E-state index contributed by atoms with van der Waals surface area (Å²) in [5.74, 6) is 0.826. The van der Waals surface area contributed by atoms with E-state index in [9.17, 15) is 0 Å². The summed E-state index contributed by atoms with van der Waals surface area (Å²) < 4.78 is 10.1. The Morgan fingerprint density at radius 3 is 2.47 bits per heavy atom. The lowest BCUT2D eigenvalue weighted by Gasteiger charge is -2.11. The second kappa shape index (κ2) is 5.09. The summed E-state index contributed by atoms with van der Waals surface area (Å²) in [5.41, 5.74) is 0.374. The Bertz CT molecular complexity index is 393. The van der Waals surface area contributed by atoms with Crippen LogP contribution in [-0.2, 0) is 0 Å². The van der Waals surface area contributed by atoms with Gasteiger partial charge in [-0.05, 0) is 12.1 Å². The maximum absolute atomic E-state index is 8.53. The van der Waals surface area contributed by atoms with Crippen LogP contribution in [0.15, 0.2) is 17.3 Å². The molecule has 4 nitrogen and oxygen atoms in total.